The van der Waals surface area contributed by atoms with Gasteiger partial charge in [0.25, 0.3) is 5.91 Å². The molecule has 1 N–H and O–H groups in total. The number of ether oxygens (including phenoxy) is 4. The summed E-state index contributed by atoms with van der Waals surface area (Å²) in [6, 6.07) is 12.7. The molecule has 0 aliphatic carbocycles. The molecule has 0 bridgehead atoms. The van der Waals surface area contributed by atoms with Crippen molar-refractivity contribution in [1.29, 1.82) is 0 Å². The SMILES string of the molecule is COc1cc(NC(=O)c2cc(-c3ccc4c(c3)OCCO4)nc3c2cnn3C(C)C)cc(OC)c1. The highest BCUT2D eigenvalue weighted by atomic mass is 16.6. The van der Waals surface area contributed by atoms with Crippen molar-refractivity contribution in [3.05, 3.63) is 54.2 Å². The molecule has 9 nitrogen and oxygen atoms in total. The van der Waals surface area contributed by atoms with Crippen LogP contribution in [0.25, 0.3) is 22.3 Å². The molecule has 0 atom stereocenters. The van der Waals surface area contributed by atoms with Crippen LogP contribution in [0.5, 0.6) is 23.0 Å². The highest BCUT2D eigenvalue weighted by Gasteiger charge is 2.20. The van der Waals surface area contributed by atoms with Crippen LogP contribution in [0.4, 0.5) is 5.69 Å². The van der Waals surface area contributed by atoms with Crippen LogP contribution in [-0.2, 0) is 0 Å². The predicted molar refractivity (Wildman–Crippen MR) is 132 cm³/mol. The zero-order valence-corrected chi connectivity index (χ0v) is 20.0. The van der Waals surface area contributed by atoms with Gasteiger partial charge in [-0.25, -0.2) is 9.67 Å². The van der Waals surface area contributed by atoms with Crippen molar-refractivity contribution in [3.63, 3.8) is 0 Å². The third-order valence-electron chi connectivity index (χ3n) is 5.75. The van der Waals surface area contributed by atoms with Gasteiger partial charge in [-0.3, -0.25) is 4.79 Å². The second kappa shape index (κ2) is 9.17. The van der Waals surface area contributed by atoms with Crippen molar-refractivity contribution in [1.82, 2.24) is 14.8 Å². The van der Waals surface area contributed by atoms with E-state index < -0.39 is 0 Å². The van der Waals surface area contributed by atoms with Crippen LogP contribution >= 0.6 is 0 Å². The molecule has 1 aliphatic heterocycles. The molecular weight excluding hydrogens is 448 g/mol. The van der Waals surface area contributed by atoms with Crippen molar-refractivity contribution in [3.8, 4) is 34.3 Å². The minimum Gasteiger partial charge on any atom is -0.497 e. The zero-order valence-electron chi connectivity index (χ0n) is 20.0. The van der Waals surface area contributed by atoms with E-state index in [9.17, 15) is 4.79 Å². The largest absolute Gasteiger partial charge is 0.497 e. The number of pyridine rings is 1. The van der Waals surface area contributed by atoms with Gasteiger partial charge in [0.15, 0.2) is 17.1 Å². The molecule has 1 amide bonds. The van der Waals surface area contributed by atoms with E-state index in [0.717, 1.165) is 5.56 Å². The number of hydrogen-bond donors (Lipinski definition) is 1. The number of amides is 1. The first-order chi connectivity index (χ1) is 17.0. The highest BCUT2D eigenvalue weighted by molar-refractivity contribution is 6.12. The summed E-state index contributed by atoms with van der Waals surface area (Å²) in [4.78, 5) is 18.4. The van der Waals surface area contributed by atoms with Gasteiger partial charge in [0, 0.05) is 35.5 Å². The van der Waals surface area contributed by atoms with Gasteiger partial charge in [0.1, 0.15) is 24.7 Å². The summed E-state index contributed by atoms with van der Waals surface area (Å²) < 4.78 is 23.9. The van der Waals surface area contributed by atoms with Crippen molar-refractivity contribution in [2.24, 2.45) is 0 Å². The number of nitrogens with zero attached hydrogens (tertiary/aromatic N) is 3. The first-order valence-corrected chi connectivity index (χ1v) is 11.3. The number of methoxy groups -OCH3 is 2. The molecule has 2 aromatic carbocycles. The van der Waals surface area contributed by atoms with E-state index in [1.165, 1.54) is 0 Å². The van der Waals surface area contributed by atoms with E-state index in [2.05, 4.69) is 10.4 Å². The molecule has 0 radical (unpaired) electrons. The molecule has 2 aromatic heterocycles. The third kappa shape index (κ3) is 4.32. The van der Waals surface area contributed by atoms with Crippen LogP contribution in [0.1, 0.15) is 30.2 Å². The Bertz CT molecular complexity index is 1390. The first-order valence-electron chi connectivity index (χ1n) is 11.3. The topological polar surface area (TPSA) is 96.7 Å². The van der Waals surface area contributed by atoms with Crippen LogP contribution < -0.4 is 24.3 Å². The fourth-order valence-corrected chi connectivity index (χ4v) is 4.01. The Morgan fingerprint density at radius 1 is 1.00 bits per heavy atom. The Morgan fingerprint density at radius 2 is 1.71 bits per heavy atom. The summed E-state index contributed by atoms with van der Waals surface area (Å²) in [6.45, 7) is 5.05. The maximum Gasteiger partial charge on any atom is 0.256 e. The normalized spacial score (nSPS) is 12.6. The fourth-order valence-electron chi connectivity index (χ4n) is 4.01. The van der Waals surface area contributed by atoms with E-state index in [0.29, 0.717) is 64.2 Å². The van der Waals surface area contributed by atoms with E-state index in [1.807, 2.05) is 36.7 Å². The summed E-state index contributed by atoms with van der Waals surface area (Å²) in [7, 11) is 3.12. The van der Waals surface area contributed by atoms with Gasteiger partial charge in [-0.05, 0) is 38.1 Å². The van der Waals surface area contributed by atoms with Crippen molar-refractivity contribution in [2.45, 2.75) is 19.9 Å². The molecule has 0 unspecified atom stereocenters. The van der Waals surface area contributed by atoms with Crippen molar-refractivity contribution >= 4 is 22.6 Å². The number of anilines is 1. The molecule has 4 aromatic rings. The molecule has 1 aliphatic rings. The Hall–Kier alpha value is -4.27. The van der Waals surface area contributed by atoms with Gasteiger partial charge < -0.3 is 24.3 Å². The van der Waals surface area contributed by atoms with E-state index in [1.54, 1.807) is 44.7 Å². The number of carbonyl (C=O) groups excluding carboxylic acids is 1. The average Bonchev–Trinajstić information content (AvgIpc) is 3.32. The molecule has 35 heavy (non-hydrogen) atoms. The number of nitrogens with one attached hydrogen (secondary N) is 1. The number of carbonyl (C=O) groups is 1. The Balaban J connectivity index is 1.60. The number of hydrogen-bond acceptors (Lipinski definition) is 7. The summed E-state index contributed by atoms with van der Waals surface area (Å²) in [5.74, 6) is 2.20. The summed E-state index contributed by atoms with van der Waals surface area (Å²) in [6.07, 6.45) is 1.68. The minimum absolute atomic E-state index is 0.0640. The van der Waals surface area contributed by atoms with E-state index >= 15 is 0 Å². The fraction of sp³-hybridized carbons (Fsp3) is 0.269. The number of aromatic nitrogens is 3. The second-order valence-corrected chi connectivity index (χ2v) is 8.39. The molecule has 9 heteroatoms. The lowest BCUT2D eigenvalue weighted by molar-refractivity contribution is 0.102. The van der Waals surface area contributed by atoms with E-state index in [4.69, 9.17) is 23.9 Å². The van der Waals surface area contributed by atoms with Gasteiger partial charge in [-0.15, -0.1) is 0 Å². The molecule has 0 spiro atoms. The average molecular weight is 475 g/mol. The smallest absolute Gasteiger partial charge is 0.256 e. The van der Waals surface area contributed by atoms with Gasteiger partial charge in [-0.2, -0.15) is 5.10 Å². The monoisotopic (exact) mass is 474 g/mol. The van der Waals surface area contributed by atoms with Crippen LogP contribution in [-0.4, -0.2) is 48.1 Å². The zero-order chi connectivity index (χ0) is 24.5. The molecule has 0 saturated carbocycles. The third-order valence-corrected chi connectivity index (χ3v) is 5.75. The lowest BCUT2D eigenvalue weighted by atomic mass is 10.1. The van der Waals surface area contributed by atoms with Crippen molar-refractivity contribution < 1.29 is 23.7 Å². The maximum atomic E-state index is 13.5. The maximum absolute atomic E-state index is 13.5. The lowest BCUT2D eigenvalue weighted by Crippen LogP contribution is -2.15. The lowest BCUT2D eigenvalue weighted by Gasteiger charge is -2.19. The highest BCUT2D eigenvalue weighted by Crippen LogP contribution is 2.35. The van der Waals surface area contributed by atoms with Crippen LogP contribution in [0.15, 0.2) is 48.7 Å². The molecule has 5 rings (SSSR count). The molecule has 180 valence electrons. The van der Waals surface area contributed by atoms with Crippen LogP contribution in [0.3, 0.4) is 0 Å². The molecule has 0 fully saturated rings. The minimum atomic E-state index is -0.296. The Kier molecular flexibility index (Phi) is 5.90. The van der Waals surface area contributed by atoms with Gasteiger partial charge in [0.2, 0.25) is 0 Å². The summed E-state index contributed by atoms with van der Waals surface area (Å²) in [5, 5.41) is 8.11. The van der Waals surface area contributed by atoms with Gasteiger partial charge >= 0.3 is 0 Å². The predicted octanol–water partition coefficient (Wildman–Crippen LogP) is 4.72. The number of fused-ring (bicyclic) bond motifs is 2. The Labute approximate surface area is 202 Å². The van der Waals surface area contributed by atoms with Gasteiger partial charge in [0.05, 0.1) is 37.1 Å². The quantitative estimate of drug-likeness (QED) is 0.432. The summed E-state index contributed by atoms with van der Waals surface area (Å²) in [5.41, 5.74) is 3.07. The number of rotatable bonds is 6. The first kappa shape index (κ1) is 22.5. The molecule has 3 heterocycles. The van der Waals surface area contributed by atoms with Crippen LogP contribution in [0, 0.1) is 0 Å². The van der Waals surface area contributed by atoms with Crippen LogP contribution in [0.2, 0.25) is 0 Å². The number of benzene rings is 2. The Morgan fingerprint density at radius 3 is 2.40 bits per heavy atom. The second-order valence-electron chi connectivity index (χ2n) is 8.39. The molecular formula is C26H26N4O5. The van der Waals surface area contributed by atoms with Crippen molar-refractivity contribution in [2.75, 3.05) is 32.8 Å². The standard InChI is InChI=1S/C26H26N4O5/c1-15(2)30-25-21(14-27-30)20(26(31)28-17-10-18(32-3)12-19(11-17)33-4)13-22(29-25)16-5-6-23-24(9-16)35-8-7-34-23/h5-6,9-15H,7-8H2,1-4H3,(H,28,31). The van der Waals surface area contributed by atoms with Gasteiger partial charge in [-0.1, -0.05) is 0 Å². The molecule has 0 saturated heterocycles. The summed E-state index contributed by atoms with van der Waals surface area (Å²) >= 11 is 0. The van der Waals surface area contributed by atoms with E-state index in [-0.39, 0.29) is 11.9 Å².